The number of fused-ring (bicyclic) bond motifs is 4. The van der Waals surface area contributed by atoms with Crippen LogP contribution in [-0.2, 0) is 12.8 Å². The van der Waals surface area contributed by atoms with E-state index in [1.165, 1.54) is 24.1 Å². The van der Waals surface area contributed by atoms with Crippen molar-refractivity contribution in [1.82, 2.24) is 9.97 Å². The second-order valence-electron chi connectivity index (χ2n) is 7.01. The molecule has 3 aromatic heterocycles. The first-order valence-corrected chi connectivity index (χ1v) is 10.5. The van der Waals surface area contributed by atoms with Crippen LogP contribution in [0.25, 0.3) is 31.6 Å². The zero-order valence-corrected chi connectivity index (χ0v) is 16.5. The fraction of sp³-hybridized carbons (Fsp3) is 0.261. The Balaban J connectivity index is 1.92. The molecule has 0 fully saturated rings. The van der Waals surface area contributed by atoms with E-state index in [0.717, 1.165) is 44.4 Å². The second kappa shape index (κ2) is 6.88. The van der Waals surface area contributed by atoms with Crippen LogP contribution in [0.4, 0.5) is 0 Å². The normalized spacial score (nSPS) is 13.4. The molecule has 5 rings (SSSR count). The fourth-order valence-electron chi connectivity index (χ4n) is 4.05. The molecule has 0 N–H and O–H groups in total. The van der Waals surface area contributed by atoms with E-state index in [2.05, 4.69) is 12.1 Å². The van der Waals surface area contributed by atoms with Crippen LogP contribution in [0.2, 0.25) is 0 Å². The Morgan fingerprint density at radius 2 is 1.96 bits per heavy atom. The Kier molecular flexibility index (Phi) is 4.22. The summed E-state index contributed by atoms with van der Waals surface area (Å²) < 4.78 is 6.88. The van der Waals surface area contributed by atoms with Crippen LogP contribution < -0.4 is 4.74 Å². The molecule has 0 atom stereocenters. The third-order valence-corrected chi connectivity index (χ3v) is 6.32. The third-order valence-electron chi connectivity index (χ3n) is 5.30. The number of pyridine rings is 2. The maximum absolute atomic E-state index is 9.96. The van der Waals surface area contributed by atoms with E-state index in [1.54, 1.807) is 11.3 Å². The largest absolute Gasteiger partial charge is 0.477 e. The van der Waals surface area contributed by atoms with Gasteiger partial charge in [0.05, 0.1) is 16.8 Å². The van der Waals surface area contributed by atoms with Crippen molar-refractivity contribution in [3.63, 3.8) is 0 Å². The molecule has 0 saturated carbocycles. The van der Waals surface area contributed by atoms with Gasteiger partial charge in [0.2, 0.25) is 5.88 Å². The van der Waals surface area contributed by atoms with Crippen LogP contribution in [0.3, 0.4) is 0 Å². The van der Waals surface area contributed by atoms with Gasteiger partial charge in [-0.25, -0.2) is 4.98 Å². The number of nitriles is 1. The Bertz CT molecular complexity index is 1240. The van der Waals surface area contributed by atoms with Crippen molar-refractivity contribution in [1.29, 1.82) is 5.26 Å². The molecule has 3 heterocycles. The molecule has 0 unspecified atom stereocenters. The molecular formula is C23H19N3OS. The number of aryl methyl sites for hydroxylation is 2. The highest BCUT2D eigenvalue weighted by molar-refractivity contribution is 7.25. The highest BCUT2D eigenvalue weighted by atomic mass is 32.1. The summed E-state index contributed by atoms with van der Waals surface area (Å²) in [6.45, 7) is 2.38. The molecule has 0 spiro atoms. The first-order valence-electron chi connectivity index (χ1n) is 9.67. The lowest BCUT2D eigenvalue weighted by Crippen LogP contribution is -2.04. The number of thiophene rings is 1. The summed E-state index contributed by atoms with van der Waals surface area (Å²) in [5, 5.41) is 10.9. The van der Waals surface area contributed by atoms with E-state index < -0.39 is 0 Å². The van der Waals surface area contributed by atoms with Gasteiger partial charge in [-0.3, -0.25) is 4.98 Å². The second-order valence-corrected chi connectivity index (χ2v) is 8.04. The van der Waals surface area contributed by atoms with Gasteiger partial charge in [-0.15, -0.1) is 11.3 Å². The van der Waals surface area contributed by atoms with Gasteiger partial charge in [0.15, 0.2) is 0 Å². The van der Waals surface area contributed by atoms with Crippen LogP contribution in [0.15, 0.2) is 36.4 Å². The van der Waals surface area contributed by atoms with E-state index in [-0.39, 0.29) is 0 Å². The summed E-state index contributed by atoms with van der Waals surface area (Å²) >= 11 is 1.64. The van der Waals surface area contributed by atoms with E-state index in [0.29, 0.717) is 18.1 Å². The Labute approximate surface area is 167 Å². The third kappa shape index (κ3) is 2.64. The van der Waals surface area contributed by atoms with Gasteiger partial charge in [0, 0.05) is 16.6 Å². The zero-order chi connectivity index (χ0) is 19.1. The Morgan fingerprint density at radius 1 is 1.14 bits per heavy atom. The van der Waals surface area contributed by atoms with Gasteiger partial charge < -0.3 is 4.74 Å². The summed E-state index contributed by atoms with van der Waals surface area (Å²) in [4.78, 5) is 10.7. The molecule has 0 radical (unpaired) electrons. The number of aromatic nitrogens is 2. The smallest absolute Gasteiger partial charge is 0.233 e. The summed E-state index contributed by atoms with van der Waals surface area (Å²) in [5.74, 6) is 0.410. The van der Waals surface area contributed by atoms with Gasteiger partial charge in [-0.1, -0.05) is 30.3 Å². The molecule has 1 aliphatic carbocycles. The van der Waals surface area contributed by atoms with E-state index >= 15 is 0 Å². The maximum atomic E-state index is 9.96. The van der Waals surface area contributed by atoms with Crippen LogP contribution >= 0.6 is 11.3 Å². The van der Waals surface area contributed by atoms with Crippen LogP contribution in [-0.4, -0.2) is 16.6 Å². The molecule has 138 valence electrons. The number of rotatable bonds is 3. The summed E-state index contributed by atoms with van der Waals surface area (Å²) in [5.41, 5.74) is 5.88. The van der Waals surface area contributed by atoms with Crippen molar-refractivity contribution >= 4 is 31.8 Å². The summed E-state index contributed by atoms with van der Waals surface area (Å²) in [6, 6.07) is 14.7. The molecule has 5 heteroatoms. The number of hydrogen-bond acceptors (Lipinski definition) is 5. The predicted molar refractivity (Wildman–Crippen MR) is 113 cm³/mol. The van der Waals surface area contributed by atoms with Gasteiger partial charge in [0.25, 0.3) is 0 Å². The molecule has 4 aromatic rings. The molecule has 0 aliphatic heterocycles. The first kappa shape index (κ1) is 17.2. The van der Waals surface area contributed by atoms with Crippen molar-refractivity contribution in [3.05, 3.63) is 53.2 Å². The molecule has 0 amide bonds. The van der Waals surface area contributed by atoms with Gasteiger partial charge >= 0.3 is 0 Å². The first-order chi connectivity index (χ1) is 13.8. The average Bonchev–Trinajstić information content (AvgIpc) is 3.08. The molecular weight excluding hydrogens is 366 g/mol. The van der Waals surface area contributed by atoms with E-state index in [4.69, 9.17) is 14.7 Å². The highest BCUT2D eigenvalue weighted by Gasteiger charge is 2.23. The monoisotopic (exact) mass is 385 g/mol. The quantitative estimate of drug-likeness (QED) is 0.456. The van der Waals surface area contributed by atoms with Crippen molar-refractivity contribution in [2.75, 3.05) is 6.61 Å². The van der Waals surface area contributed by atoms with Gasteiger partial charge in [0.1, 0.15) is 16.5 Å². The zero-order valence-electron chi connectivity index (χ0n) is 15.7. The maximum Gasteiger partial charge on any atom is 0.233 e. The van der Waals surface area contributed by atoms with Gasteiger partial charge in [-0.05, 0) is 49.8 Å². The van der Waals surface area contributed by atoms with E-state index in [9.17, 15) is 5.26 Å². The van der Waals surface area contributed by atoms with Crippen molar-refractivity contribution in [3.8, 4) is 23.1 Å². The molecule has 4 nitrogen and oxygen atoms in total. The molecule has 1 aromatic carbocycles. The lowest BCUT2D eigenvalue weighted by Gasteiger charge is -2.15. The number of ether oxygens (including phenoxy) is 1. The van der Waals surface area contributed by atoms with Gasteiger partial charge in [-0.2, -0.15) is 5.26 Å². The molecule has 28 heavy (non-hydrogen) atoms. The predicted octanol–water partition coefficient (Wildman–Crippen LogP) is 5.66. The number of nitrogens with zero attached hydrogens (tertiary/aromatic N) is 3. The number of benzene rings is 1. The minimum absolute atomic E-state index is 0.410. The average molecular weight is 385 g/mol. The lowest BCUT2D eigenvalue weighted by atomic mass is 9.94. The summed E-state index contributed by atoms with van der Waals surface area (Å²) in [6.07, 6.45) is 4.54. The molecule has 1 aliphatic rings. The van der Waals surface area contributed by atoms with E-state index in [1.807, 2.05) is 37.3 Å². The number of hydrogen-bond donors (Lipinski definition) is 0. The van der Waals surface area contributed by atoms with Crippen molar-refractivity contribution < 1.29 is 4.74 Å². The molecule has 0 bridgehead atoms. The fourth-order valence-corrected chi connectivity index (χ4v) is 5.13. The molecule has 0 saturated heterocycles. The standard InChI is InChI=1S/C23H19N3OS/c1-2-27-22-16(13-24)19(14-8-4-3-5-9-14)20-21-18(28-23(20)26-22)12-15-10-6-7-11-17(15)25-21/h3-5,8-9,12H,2,6-7,10-11H2,1H3. The summed E-state index contributed by atoms with van der Waals surface area (Å²) in [7, 11) is 0. The highest BCUT2D eigenvalue weighted by Crippen LogP contribution is 2.43. The van der Waals surface area contributed by atoms with Crippen LogP contribution in [0.1, 0.15) is 36.6 Å². The van der Waals surface area contributed by atoms with Crippen LogP contribution in [0, 0.1) is 11.3 Å². The minimum Gasteiger partial charge on any atom is -0.477 e. The van der Waals surface area contributed by atoms with Crippen molar-refractivity contribution in [2.24, 2.45) is 0 Å². The SMILES string of the molecule is CCOc1nc2sc3cc4c(nc3c2c(-c2ccccc2)c1C#N)CCCC4. The van der Waals surface area contributed by atoms with Crippen LogP contribution in [0.5, 0.6) is 5.88 Å². The topological polar surface area (TPSA) is 58.8 Å². The Hall–Kier alpha value is -2.97. The van der Waals surface area contributed by atoms with Crippen molar-refractivity contribution in [2.45, 2.75) is 32.6 Å². The Morgan fingerprint density at radius 3 is 2.75 bits per heavy atom. The lowest BCUT2D eigenvalue weighted by molar-refractivity contribution is 0.327. The minimum atomic E-state index is 0.410.